The molecule has 4 rings (SSSR count). The van der Waals surface area contributed by atoms with Gasteiger partial charge in [0.25, 0.3) is 5.91 Å². The summed E-state index contributed by atoms with van der Waals surface area (Å²) in [5.41, 5.74) is 3.71. The zero-order valence-corrected chi connectivity index (χ0v) is 18.0. The lowest BCUT2D eigenvalue weighted by Gasteiger charge is -2.36. The van der Waals surface area contributed by atoms with Gasteiger partial charge in [-0.15, -0.1) is 12.6 Å². The van der Waals surface area contributed by atoms with Gasteiger partial charge in [0.15, 0.2) is 6.17 Å². The number of thiol groups is 1. The van der Waals surface area contributed by atoms with Crippen LogP contribution in [-0.4, -0.2) is 5.91 Å². The molecule has 5 nitrogen and oxygen atoms in total. The highest BCUT2D eigenvalue weighted by Crippen LogP contribution is 2.38. The van der Waals surface area contributed by atoms with Gasteiger partial charge in [-0.2, -0.15) is 5.26 Å². The van der Waals surface area contributed by atoms with Crippen molar-refractivity contribution in [2.24, 2.45) is 0 Å². The fraction of sp³-hybridized carbons (Fsp3) is 0.130. The van der Waals surface area contributed by atoms with E-state index in [2.05, 4.69) is 17.9 Å². The number of carbonyl (C=O) groups is 1. The van der Waals surface area contributed by atoms with Gasteiger partial charge < -0.3 is 14.6 Å². The highest BCUT2D eigenvalue weighted by Gasteiger charge is 2.36. The predicted octanol–water partition coefficient (Wildman–Crippen LogP) is 5.52. The first-order valence-corrected chi connectivity index (χ1v) is 10.1. The molecule has 0 aliphatic carbocycles. The van der Waals surface area contributed by atoms with Crippen LogP contribution < -0.4 is 10.2 Å². The van der Waals surface area contributed by atoms with Crippen LogP contribution in [0.4, 0.5) is 5.69 Å². The van der Waals surface area contributed by atoms with E-state index in [1.165, 1.54) is 0 Å². The fourth-order valence-corrected chi connectivity index (χ4v) is 3.97. The van der Waals surface area contributed by atoms with Crippen molar-refractivity contribution in [2.75, 3.05) is 4.90 Å². The van der Waals surface area contributed by atoms with E-state index in [1.807, 2.05) is 62.4 Å². The molecule has 0 saturated carbocycles. The van der Waals surface area contributed by atoms with Crippen molar-refractivity contribution in [3.63, 3.8) is 0 Å². The van der Waals surface area contributed by atoms with E-state index in [9.17, 15) is 10.1 Å². The van der Waals surface area contributed by atoms with Gasteiger partial charge in [-0.05, 0) is 61.4 Å². The van der Waals surface area contributed by atoms with Crippen LogP contribution in [0.1, 0.15) is 23.1 Å². The number of nitrogens with zero attached hydrogens (tertiary/aromatic N) is 2. The number of aryl methyl sites for hydroxylation is 2. The van der Waals surface area contributed by atoms with Gasteiger partial charge >= 0.3 is 0 Å². The second kappa shape index (κ2) is 7.94. The zero-order valence-electron chi connectivity index (χ0n) is 16.3. The summed E-state index contributed by atoms with van der Waals surface area (Å²) in [6.45, 7) is 4.03. The minimum Gasteiger partial charge on any atom is -0.457 e. The van der Waals surface area contributed by atoms with Crippen LogP contribution in [0.25, 0.3) is 11.3 Å². The van der Waals surface area contributed by atoms with Crippen LogP contribution in [0.5, 0.6) is 0 Å². The van der Waals surface area contributed by atoms with E-state index in [1.54, 1.807) is 17.0 Å². The summed E-state index contributed by atoms with van der Waals surface area (Å²) in [6, 6.07) is 18.8. The Bertz CT molecular complexity index is 1230. The molecule has 0 spiro atoms. The molecule has 3 aromatic rings. The van der Waals surface area contributed by atoms with Gasteiger partial charge in [-0.1, -0.05) is 29.8 Å². The molecule has 30 heavy (non-hydrogen) atoms. The third-order valence-corrected chi connectivity index (χ3v) is 5.89. The first kappa shape index (κ1) is 20.1. The Balaban J connectivity index is 1.82. The van der Waals surface area contributed by atoms with Crippen LogP contribution in [0.15, 0.2) is 69.6 Å². The van der Waals surface area contributed by atoms with Gasteiger partial charge in [0, 0.05) is 11.3 Å². The van der Waals surface area contributed by atoms with Crippen molar-refractivity contribution < 1.29 is 9.21 Å². The number of hydrogen-bond donors (Lipinski definition) is 2. The highest BCUT2D eigenvalue weighted by molar-refractivity contribution is 7.84. The summed E-state index contributed by atoms with van der Waals surface area (Å²) >= 11 is 10.8. The van der Waals surface area contributed by atoms with Crippen molar-refractivity contribution in [3.05, 3.63) is 87.1 Å². The maximum Gasteiger partial charge on any atom is 0.266 e. The summed E-state index contributed by atoms with van der Waals surface area (Å²) in [4.78, 5) is 14.3. The average molecular weight is 436 g/mol. The van der Waals surface area contributed by atoms with Crippen LogP contribution in [0.3, 0.4) is 0 Å². The third kappa shape index (κ3) is 3.47. The molecule has 1 atom stereocenters. The maximum atomic E-state index is 12.5. The number of anilines is 1. The van der Waals surface area contributed by atoms with Crippen LogP contribution >= 0.6 is 24.2 Å². The maximum absolute atomic E-state index is 12.5. The molecule has 150 valence electrons. The molecule has 1 N–H and O–H groups in total. The van der Waals surface area contributed by atoms with Crippen molar-refractivity contribution in [3.8, 4) is 17.4 Å². The average Bonchev–Trinajstić information content (AvgIpc) is 3.20. The molecule has 1 unspecified atom stereocenters. The first-order chi connectivity index (χ1) is 14.4. The lowest BCUT2D eigenvalue weighted by atomic mass is 10.1. The largest absolute Gasteiger partial charge is 0.457 e. The molecule has 2 heterocycles. The van der Waals surface area contributed by atoms with Gasteiger partial charge in [0.2, 0.25) is 0 Å². The number of hydrogen-bond acceptors (Lipinski definition) is 5. The van der Waals surface area contributed by atoms with E-state index in [-0.39, 0.29) is 10.6 Å². The van der Waals surface area contributed by atoms with Gasteiger partial charge in [-0.3, -0.25) is 4.79 Å². The number of nitriles is 1. The fourth-order valence-electron chi connectivity index (χ4n) is 3.36. The number of benzene rings is 2. The Morgan fingerprint density at radius 2 is 1.90 bits per heavy atom. The lowest BCUT2D eigenvalue weighted by Crippen LogP contribution is -2.45. The SMILES string of the molecule is Cc1ccc(N2C(S)=C(C#N)C(=O)NC2c2ccc(-c3ccccc3Cl)o2)cc1C. The van der Waals surface area contributed by atoms with Crippen molar-refractivity contribution in [1.29, 1.82) is 5.26 Å². The number of nitrogens with one attached hydrogen (secondary N) is 1. The Kier molecular flexibility index (Phi) is 5.33. The van der Waals surface area contributed by atoms with Crippen LogP contribution in [-0.2, 0) is 4.79 Å². The topological polar surface area (TPSA) is 69.3 Å². The van der Waals surface area contributed by atoms with Crippen molar-refractivity contribution in [1.82, 2.24) is 5.32 Å². The van der Waals surface area contributed by atoms with Crippen LogP contribution in [0, 0.1) is 25.2 Å². The standard InChI is InChI=1S/C23H18ClN3O2S/c1-13-7-8-15(11-14(13)2)27-21(26-22(28)17(12-25)23(27)30)20-10-9-19(29-20)16-5-3-4-6-18(16)24/h3-11,21,30H,1-2H3,(H,26,28). The summed E-state index contributed by atoms with van der Waals surface area (Å²) in [5.74, 6) is 0.587. The number of halogens is 1. The lowest BCUT2D eigenvalue weighted by molar-refractivity contribution is -0.118. The first-order valence-electron chi connectivity index (χ1n) is 9.26. The van der Waals surface area contributed by atoms with E-state index in [4.69, 9.17) is 16.0 Å². The number of amides is 1. The van der Waals surface area contributed by atoms with E-state index in [0.717, 1.165) is 22.4 Å². The molecule has 0 saturated heterocycles. The van der Waals surface area contributed by atoms with E-state index in [0.29, 0.717) is 16.5 Å². The molecule has 0 radical (unpaired) electrons. The normalized spacial score (nSPS) is 16.4. The quantitative estimate of drug-likeness (QED) is 0.531. The molecule has 1 aromatic heterocycles. The van der Waals surface area contributed by atoms with E-state index >= 15 is 0 Å². The smallest absolute Gasteiger partial charge is 0.266 e. The molecule has 1 amide bonds. The molecular formula is C23H18ClN3O2S. The summed E-state index contributed by atoms with van der Waals surface area (Å²) in [6.07, 6.45) is -0.666. The van der Waals surface area contributed by atoms with Crippen molar-refractivity contribution >= 4 is 35.8 Å². The highest BCUT2D eigenvalue weighted by atomic mass is 35.5. The minimum absolute atomic E-state index is 0.0503. The Labute approximate surface area is 185 Å². The molecular weight excluding hydrogens is 418 g/mol. The summed E-state index contributed by atoms with van der Waals surface area (Å²) < 4.78 is 6.08. The molecule has 1 aliphatic rings. The molecule has 0 fully saturated rings. The molecule has 7 heteroatoms. The Morgan fingerprint density at radius 3 is 2.60 bits per heavy atom. The molecule has 0 bridgehead atoms. The third-order valence-electron chi connectivity index (χ3n) is 5.12. The summed E-state index contributed by atoms with van der Waals surface area (Å²) in [5, 5.41) is 13.1. The number of rotatable bonds is 3. The van der Waals surface area contributed by atoms with Gasteiger partial charge in [-0.25, -0.2) is 0 Å². The monoisotopic (exact) mass is 435 g/mol. The second-order valence-electron chi connectivity index (χ2n) is 7.01. The minimum atomic E-state index is -0.666. The van der Waals surface area contributed by atoms with Crippen molar-refractivity contribution in [2.45, 2.75) is 20.0 Å². The predicted molar refractivity (Wildman–Crippen MR) is 120 cm³/mol. The Hall–Kier alpha value is -3.14. The summed E-state index contributed by atoms with van der Waals surface area (Å²) in [7, 11) is 0. The molecule has 1 aliphatic heterocycles. The van der Waals surface area contributed by atoms with Gasteiger partial charge in [0.1, 0.15) is 23.2 Å². The van der Waals surface area contributed by atoms with Crippen LogP contribution in [0.2, 0.25) is 5.02 Å². The molecule has 2 aromatic carbocycles. The van der Waals surface area contributed by atoms with E-state index < -0.39 is 12.1 Å². The Morgan fingerprint density at radius 1 is 1.13 bits per heavy atom. The van der Waals surface area contributed by atoms with Gasteiger partial charge in [0.05, 0.1) is 10.1 Å². The second-order valence-corrected chi connectivity index (χ2v) is 7.84. The zero-order chi connectivity index (χ0) is 21.4. The number of furan rings is 1. The number of carbonyl (C=O) groups excluding carboxylic acids is 1.